The second-order valence-corrected chi connectivity index (χ2v) is 10.3. The van der Waals surface area contributed by atoms with Gasteiger partial charge < -0.3 is 24.4 Å². The summed E-state index contributed by atoms with van der Waals surface area (Å²) in [6.07, 6.45) is 2.53. The Kier molecular flexibility index (Phi) is 8.23. The highest BCUT2D eigenvalue weighted by Crippen LogP contribution is 2.33. The number of ether oxygens (including phenoxy) is 3. The fourth-order valence-electron chi connectivity index (χ4n) is 4.52. The fourth-order valence-corrected chi connectivity index (χ4v) is 4.52. The molecule has 1 aromatic heterocycles. The van der Waals surface area contributed by atoms with Crippen LogP contribution in [0.15, 0.2) is 54.7 Å². The predicted molar refractivity (Wildman–Crippen MR) is 146 cm³/mol. The Bertz CT molecular complexity index is 1320. The van der Waals surface area contributed by atoms with Crippen molar-refractivity contribution >= 4 is 23.7 Å². The van der Waals surface area contributed by atoms with E-state index in [0.29, 0.717) is 48.5 Å². The molecule has 0 spiro atoms. The van der Waals surface area contributed by atoms with Crippen molar-refractivity contribution in [1.29, 1.82) is 0 Å². The van der Waals surface area contributed by atoms with Crippen LogP contribution in [0.1, 0.15) is 65.9 Å². The number of nitrogens with zero attached hydrogens (tertiary/aromatic N) is 3. The van der Waals surface area contributed by atoms with E-state index < -0.39 is 11.6 Å². The summed E-state index contributed by atoms with van der Waals surface area (Å²) in [5, 5.41) is 7.49. The van der Waals surface area contributed by atoms with Gasteiger partial charge >= 0.3 is 12.1 Å². The molecule has 10 nitrogen and oxygen atoms in total. The lowest BCUT2D eigenvalue weighted by Crippen LogP contribution is -2.41. The van der Waals surface area contributed by atoms with Crippen LogP contribution in [0.5, 0.6) is 5.75 Å². The van der Waals surface area contributed by atoms with Crippen LogP contribution in [0.4, 0.5) is 10.5 Å². The molecule has 1 fully saturated rings. The van der Waals surface area contributed by atoms with Crippen LogP contribution >= 0.6 is 0 Å². The number of anilines is 1. The second-order valence-electron chi connectivity index (χ2n) is 10.3. The van der Waals surface area contributed by atoms with E-state index in [2.05, 4.69) is 10.4 Å². The van der Waals surface area contributed by atoms with E-state index in [9.17, 15) is 14.4 Å². The molecule has 39 heavy (non-hydrogen) atoms. The van der Waals surface area contributed by atoms with Gasteiger partial charge in [-0.15, -0.1) is 0 Å². The summed E-state index contributed by atoms with van der Waals surface area (Å²) in [5.41, 5.74) is 2.37. The van der Waals surface area contributed by atoms with Gasteiger partial charge in [-0.2, -0.15) is 5.10 Å². The number of carbonyl (C=O) groups excluding carboxylic acids is 3. The zero-order valence-electron chi connectivity index (χ0n) is 22.9. The second kappa shape index (κ2) is 11.6. The summed E-state index contributed by atoms with van der Waals surface area (Å²) in [5.74, 6) is -0.0685. The molecule has 2 aromatic carbocycles. The fraction of sp³-hybridized carbons (Fsp3) is 0.379. The highest BCUT2D eigenvalue weighted by molar-refractivity contribution is 6.05. The molecule has 2 amide bonds. The van der Waals surface area contributed by atoms with Gasteiger partial charge in [0.15, 0.2) is 0 Å². The molecule has 4 rings (SSSR count). The Balaban J connectivity index is 1.60. The first kappa shape index (κ1) is 27.7. The molecule has 10 heteroatoms. The maximum absolute atomic E-state index is 13.5. The number of aromatic nitrogens is 2. The SMILES string of the molecule is COC(=O)c1ccc(NC(=O)c2cnn(-c3ccc(OC)cc3)c2C2CCN(C(=O)OC(C)(C)C)CC2)cc1. The lowest BCUT2D eigenvalue weighted by atomic mass is 9.90. The molecule has 1 aliphatic heterocycles. The summed E-state index contributed by atoms with van der Waals surface area (Å²) >= 11 is 0. The summed E-state index contributed by atoms with van der Waals surface area (Å²) < 4.78 is 17.3. The molecule has 1 saturated heterocycles. The van der Waals surface area contributed by atoms with Crippen LogP contribution in [0.25, 0.3) is 5.69 Å². The van der Waals surface area contributed by atoms with Crippen molar-refractivity contribution in [2.75, 3.05) is 32.6 Å². The minimum absolute atomic E-state index is 0.0178. The van der Waals surface area contributed by atoms with Crippen molar-refractivity contribution in [3.8, 4) is 11.4 Å². The molecule has 1 N–H and O–H groups in total. The molecule has 0 bridgehead atoms. The zero-order valence-corrected chi connectivity index (χ0v) is 22.9. The Labute approximate surface area is 227 Å². The number of likely N-dealkylation sites (tertiary alicyclic amines) is 1. The monoisotopic (exact) mass is 534 g/mol. The molecule has 1 aliphatic rings. The van der Waals surface area contributed by atoms with Crippen molar-refractivity contribution in [2.24, 2.45) is 0 Å². The maximum Gasteiger partial charge on any atom is 0.410 e. The number of rotatable bonds is 6. The van der Waals surface area contributed by atoms with Crippen LogP contribution < -0.4 is 10.1 Å². The largest absolute Gasteiger partial charge is 0.497 e. The lowest BCUT2D eigenvalue weighted by Gasteiger charge is -2.34. The molecule has 0 aliphatic carbocycles. The smallest absolute Gasteiger partial charge is 0.410 e. The maximum atomic E-state index is 13.5. The number of piperidine rings is 1. The van der Waals surface area contributed by atoms with Crippen molar-refractivity contribution in [1.82, 2.24) is 14.7 Å². The lowest BCUT2D eigenvalue weighted by molar-refractivity contribution is 0.0203. The van der Waals surface area contributed by atoms with Crippen molar-refractivity contribution in [2.45, 2.75) is 45.1 Å². The molecule has 0 radical (unpaired) electrons. The summed E-state index contributed by atoms with van der Waals surface area (Å²) in [4.78, 5) is 39.5. The van der Waals surface area contributed by atoms with Gasteiger partial charge in [0.1, 0.15) is 11.4 Å². The van der Waals surface area contributed by atoms with E-state index >= 15 is 0 Å². The minimum atomic E-state index is -0.568. The number of nitrogens with one attached hydrogen (secondary N) is 1. The van der Waals surface area contributed by atoms with Crippen LogP contribution in [0.3, 0.4) is 0 Å². The Morgan fingerprint density at radius 3 is 2.15 bits per heavy atom. The van der Waals surface area contributed by atoms with E-state index in [-0.39, 0.29) is 17.9 Å². The van der Waals surface area contributed by atoms with E-state index in [1.165, 1.54) is 7.11 Å². The average molecular weight is 535 g/mol. The van der Waals surface area contributed by atoms with E-state index in [1.54, 1.807) is 47.2 Å². The third-order valence-corrected chi connectivity index (χ3v) is 6.47. The number of amides is 2. The van der Waals surface area contributed by atoms with Gasteiger partial charge in [0.25, 0.3) is 5.91 Å². The van der Waals surface area contributed by atoms with Crippen LogP contribution in [-0.2, 0) is 9.47 Å². The Morgan fingerprint density at radius 1 is 0.949 bits per heavy atom. The average Bonchev–Trinajstić information content (AvgIpc) is 3.37. The molecule has 206 valence electrons. The minimum Gasteiger partial charge on any atom is -0.497 e. The van der Waals surface area contributed by atoms with Gasteiger partial charge in [-0.05, 0) is 82.1 Å². The molecular formula is C29H34N4O6. The molecule has 2 heterocycles. The van der Waals surface area contributed by atoms with Crippen LogP contribution in [0.2, 0.25) is 0 Å². The van der Waals surface area contributed by atoms with Gasteiger partial charge in [-0.3, -0.25) is 4.79 Å². The highest BCUT2D eigenvalue weighted by atomic mass is 16.6. The molecule has 0 atom stereocenters. The zero-order chi connectivity index (χ0) is 28.2. The molecule has 3 aromatic rings. The normalized spacial score (nSPS) is 14.0. The first-order valence-electron chi connectivity index (χ1n) is 12.8. The quantitative estimate of drug-likeness (QED) is 0.441. The number of benzene rings is 2. The summed E-state index contributed by atoms with van der Waals surface area (Å²) in [6.45, 7) is 6.55. The summed E-state index contributed by atoms with van der Waals surface area (Å²) in [7, 11) is 2.92. The Hall–Kier alpha value is -4.34. The van der Waals surface area contributed by atoms with Gasteiger partial charge in [-0.1, -0.05) is 0 Å². The van der Waals surface area contributed by atoms with Crippen molar-refractivity contribution in [3.63, 3.8) is 0 Å². The molecule has 0 unspecified atom stereocenters. The van der Waals surface area contributed by atoms with Crippen molar-refractivity contribution < 1.29 is 28.6 Å². The van der Waals surface area contributed by atoms with E-state index in [4.69, 9.17) is 14.2 Å². The van der Waals surface area contributed by atoms with E-state index in [1.807, 2.05) is 45.0 Å². The number of carbonyl (C=O) groups is 3. The third kappa shape index (κ3) is 6.57. The topological polar surface area (TPSA) is 112 Å². The van der Waals surface area contributed by atoms with E-state index in [0.717, 1.165) is 11.4 Å². The molecule has 0 saturated carbocycles. The number of hydrogen-bond donors (Lipinski definition) is 1. The third-order valence-electron chi connectivity index (χ3n) is 6.47. The van der Waals surface area contributed by atoms with Gasteiger partial charge in [0, 0.05) is 24.7 Å². The first-order valence-corrected chi connectivity index (χ1v) is 12.8. The highest BCUT2D eigenvalue weighted by Gasteiger charge is 2.32. The number of esters is 1. The predicted octanol–water partition coefficient (Wildman–Crippen LogP) is 5.03. The number of hydrogen-bond acceptors (Lipinski definition) is 7. The van der Waals surface area contributed by atoms with Crippen LogP contribution in [-0.4, -0.2) is 65.6 Å². The standard InChI is InChI=1S/C29H34N4O6/c1-29(2,3)39-28(36)32-16-14-19(15-17-32)25-24(18-30-33(25)22-10-12-23(37-4)13-11-22)26(34)31-21-8-6-20(7-9-21)27(35)38-5/h6-13,18-19H,14-17H2,1-5H3,(H,31,34). The number of methoxy groups -OCH3 is 2. The van der Waals surface area contributed by atoms with Gasteiger partial charge in [0.05, 0.1) is 42.9 Å². The van der Waals surface area contributed by atoms with Crippen LogP contribution in [0, 0.1) is 0 Å². The Morgan fingerprint density at radius 2 is 1.59 bits per heavy atom. The van der Waals surface area contributed by atoms with Gasteiger partial charge in [0.2, 0.25) is 0 Å². The molecular weight excluding hydrogens is 500 g/mol. The summed E-state index contributed by atoms with van der Waals surface area (Å²) in [6, 6.07) is 13.9. The first-order chi connectivity index (χ1) is 18.6. The van der Waals surface area contributed by atoms with Crippen molar-refractivity contribution in [3.05, 3.63) is 71.5 Å². The van der Waals surface area contributed by atoms with Gasteiger partial charge in [-0.25, -0.2) is 14.3 Å².